The summed E-state index contributed by atoms with van der Waals surface area (Å²) < 4.78 is 4.61. The quantitative estimate of drug-likeness (QED) is 0.408. The first-order valence-corrected chi connectivity index (χ1v) is 4.83. The minimum Gasteiger partial charge on any atom is -0.386 e. The molecule has 0 aliphatic heterocycles. The predicted molar refractivity (Wildman–Crippen MR) is 59.1 cm³/mol. The Balaban J connectivity index is 4.46. The first-order chi connectivity index (χ1) is 6.70. The van der Waals surface area contributed by atoms with Crippen molar-refractivity contribution in [1.82, 2.24) is 0 Å². The van der Waals surface area contributed by atoms with Gasteiger partial charge < -0.3 is 4.74 Å². The lowest BCUT2D eigenvalue weighted by Crippen LogP contribution is -2.22. The van der Waals surface area contributed by atoms with Crippen molar-refractivity contribution in [2.45, 2.75) is 34.1 Å². The van der Waals surface area contributed by atoms with Crippen molar-refractivity contribution >= 4 is 11.9 Å². The van der Waals surface area contributed by atoms with Crippen molar-refractivity contribution in [1.29, 1.82) is 0 Å². The topological polar surface area (TPSA) is 43.4 Å². The summed E-state index contributed by atoms with van der Waals surface area (Å²) in [5.74, 6) is -1.35. The minimum atomic E-state index is -0.679. The molecule has 0 saturated heterocycles. The van der Waals surface area contributed by atoms with Gasteiger partial charge in [0.25, 0.3) is 0 Å². The number of carbonyl (C=O) groups excluding carboxylic acids is 2. The molecule has 0 N–H and O–H groups in total. The number of ether oxygens (including phenoxy) is 1. The van der Waals surface area contributed by atoms with Crippen LogP contribution in [0.1, 0.15) is 34.1 Å². The molecule has 0 fully saturated rings. The Hall–Kier alpha value is -1.38. The Bertz CT molecular complexity index is 305. The molecule has 0 heterocycles. The third-order valence-corrected chi connectivity index (χ3v) is 2.05. The zero-order valence-electron chi connectivity index (χ0n) is 9.85. The van der Waals surface area contributed by atoms with Crippen LogP contribution in [0.25, 0.3) is 0 Å². The minimum absolute atomic E-state index is 0.278. The van der Waals surface area contributed by atoms with Gasteiger partial charge in [0.05, 0.1) is 0 Å². The molecule has 0 aliphatic carbocycles. The largest absolute Gasteiger partial charge is 0.386 e. The maximum absolute atomic E-state index is 11.4. The molecule has 0 atom stereocenters. The van der Waals surface area contributed by atoms with Crippen LogP contribution in [0.4, 0.5) is 0 Å². The summed E-state index contributed by atoms with van der Waals surface area (Å²) in [6.45, 7) is 14.4. The van der Waals surface area contributed by atoms with Gasteiger partial charge in [-0.3, -0.25) is 0 Å². The summed E-state index contributed by atoms with van der Waals surface area (Å²) in [6.07, 6.45) is 0.466. The standard InChI is InChI=1S/C12H18O3/c1-7-8(2)10(13)15-11(14)9(3)12(4,5)6/h2-3,7H2,1,4-6H3. The molecule has 3 heteroatoms. The third kappa shape index (κ3) is 4.11. The summed E-state index contributed by atoms with van der Waals surface area (Å²) in [4.78, 5) is 22.7. The SMILES string of the molecule is C=C(CC)C(=O)OC(=O)C(=C)C(C)(C)C. The molecule has 15 heavy (non-hydrogen) atoms. The van der Waals surface area contributed by atoms with Crippen LogP contribution in [0.5, 0.6) is 0 Å². The molecular formula is C12H18O3. The highest BCUT2D eigenvalue weighted by Gasteiger charge is 2.25. The van der Waals surface area contributed by atoms with Crippen molar-refractivity contribution in [3.05, 3.63) is 24.3 Å². The molecular weight excluding hydrogens is 192 g/mol. The van der Waals surface area contributed by atoms with Gasteiger partial charge in [0.15, 0.2) is 0 Å². The maximum Gasteiger partial charge on any atom is 0.341 e. The highest BCUT2D eigenvalue weighted by atomic mass is 16.6. The molecule has 0 aromatic carbocycles. The van der Waals surface area contributed by atoms with Gasteiger partial charge in [-0.05, 0) is 11.8 Å². The van der Waals surface area contributed by atoms with E-state index in [1.807, 2.05) is 20.8 Å². The molecule has 0 aliphatic rings. The van der Waals surface area contributed by atoms with Crippen molar-refractivity contribution in [2.24, 2.45) is 5.41 Å². The van der Waals surface area contributed by atoms with E-state index in [-0.39, 0.29) is 11.1 Å². The fourth-order valence-corrected chi connectivity index (χ4v) is 0.668. The summed E-state index contributed by atoms with van der Waals surface area (Å²) in [5, 5.41) is 0. The van der Waals surface area contributed by atoms with Crippen LogP contribution in [0.3, 0.4) is 0 Å². The summed E-state index contributed by atoms with van der Waals surface area (Å²) in [7, 11) is 0. The Labute approximate surface area is 90.8 Å². The summed E-state index contributed by atoms with van der Waals surface area (Å²) in [5.41, 5.74) is 0.162. The summed E-state index contributed by atoms with van der Waals surface area (Å²) >= 11 is 0. The van der Waals surface area contributed by atoms with E-state index in [0.717, 1.165) is 0 Å². The third-order valence-electron chi connectivity index (χ3n) is 2.05. The molecule has 0 bridgehead atoms. The van der Waals surface area contributed by atoms with Crippen molar-refractivity contribution in [3.63, 3.8) is 0 Å². The lowest BCUT2D eigenvalue weighted by molar-refractivity contribution is -0.154. The molecule has 0 unspecified atom stereocenters. The van der Waals surface area contributed by atoms with E-state index in [1.165, 1.54) is 0 Å². The maximum atomic E-state index is 11.4. The number of carbonyl (C=O) groups is 2. The second kappa shape index (κ2) is 4.91. The summed E-state index contributed by atoms with van der Waals surface area (Å²) in [6, 6.07) is 0. The number of hydrogen-bond acceptors (Lipinski definition) is 3. The average Bonchev–Trinajstić information content (AvgIpc) is 2.13. The van der Waals surface area contributed by atoms with Crippen LogP contribution in [-0.2, 0) is 14.3 Å². The van der Waals surface area contributed by atoms with E-state index < -0.39 is 17.4 Å². The van der Waals surface area contributed by atoms with E-state index in [0.29, 0.717) is 6.42 Å². The van der Waals surface area contributed by atoms with Crippen LogP contribution >= 0.6 is 0 Å². The van der Waals surface area contributed by atoms with Gasteiger partial charge in [0.2, 0.25) is 0 Å². The Morgan fingerprint density at radius 3 is 1.93 bits per heavy atom. The molecule has 84 valence electrons. The molecule has 0 radical (unpaired) electrons. The fraction of sp³-hybridized carbons (Fsp3) is 0.500. The highest BCUT2D eigenvalue weighted by molar-refractivity contribution is 6.01. The van der Waals surface area contributed by atoms with E-state index in [9.17, 15) is 9.59 Å². The molecule has 0 aromatic heterocycles. The monoisotopic (exact) mass is 210 g/mol. The Morgan fingerprint density at radius 1 is 1.13 bits per heavy atom. The van der Waals surface area contributed by atoms with Crippen LogP contribution in [-0.4, -0.2) is 11.9 Å². The second-order valence-electron chi connectivity index (χ2n) is 4.36. The van der Waals surface area contributed by atoms with Crippen LogP contribution in [0.15, 0.2) is 24.3 Å². The van der Waals surface area contributed by atoms with Gasteiger partial charge in [-0.15, -0.1) is 0 Å². The first-order valence-electron chi connectivity index (χ1n) is 4.83. The van der Waals surface area contributed by atoms with Gasteiger partial charge in [0.1, 0.15) is 0 Å². The van der Waals surface area contributed by atoms with Gasteiger partial charge in [-0.2, -0.15) is 0 Å². The highest BCUT2D eigenvalue weighted by Crippen LogP contribution is 2.24. The molecule has 0 saturated carbocycles. The zero-order valence-corrected chi connectivity index (χ0v) is 9.85. The number of rotatable bonds is 3. The van der Waals surface area contributed by atoms with Gasteiger partial charge in [0, 0.05) is 11.1 Å². The van der Waals surface area contributed by atoms with Crippen LogP contribution < -0.4 is 0 Å². The zero-order chi connectivity index (χ0) is 12.2. The smallest absolute Gasteiger partial charge is 0.341 e. The normalized spacial score (nSPS) is 10.7. The van der Waals surface area contributed by atoms with Gasteiger partial charge >= 0.3 is 11.9 Å². The van der Waals surface area contributed by atoms with Gasteiger partial charge in [-0.1, -0.05) is 40.9 Å². The first kappa shape index (κ1) is 13.6. The van der Waals surface area contributed by atoms with E-state index in [4.69, 9.17) is 0 Å². The number of hydrogen-bond donors (Lipinski definition) is 0. The molecule has 0 aromatic rings. The lowest BCUT2D eigenvalue weighted by atomic mass is 9.88. The Morgan fingerprint density at radius 2 is 1.60 bits per heavy atom. The van der Waals surface area contributed by atoms with Crippen LogP contribution in [0, 0.1) is 5.41 Å². The number of esters is 2. The Kier molecular flexibility index (Phi) is 4.46. The lowest BCUT2D eigenvalue weighted by Gasteiger charge is -2.19. The van der Waals surface area contributed by atoms with Crippen molar-refractivity contribution in [3.8, 4) is 0 Å². The van der Waals surface area contributed by atoms with Gasteiger partial charge in [-0.25, -0.2) is 9.59 Å². The van der Waals surface area contributed by atoms with E-state index in [2.05, 4.69) is 17.9 Å². The fourth-order valence-electron chi connectivity index (χ4n) is 0.668. The average molecular weight is 210 g/mol. The predicted octanol–water partition coefficient (Wildman–Crippen LogP) is 2.62. The molecule has 0 rings (SSSR count). The second-order valence-corrected chi connectivity index (χ2v) is 4.36. The van der Waals surface area contributed by atoms with Crippen molar-refractivity contribution in [2.75, 3.05) is 0 Å². The van der Waals surface area contributed by atoms with E-state index in [1.54, 1.807) is 6.92 Å². The van der Waals surface area contributed by atoms with Crippen molar-refractivity contribution < 1.29 is 14.3 Å². The molecule has 0 spiro atoms. The van der Waals surface area contributed by atoms with E-state index >= 15 is 0 Å². The van der Waals surface area contributed by atoms with Crippen LogP contribution in [0.2, 0.25) is 0 Å². The molecule has 3 nitrogen and oxygen atoms in total. The molecule has 0 amide bonds.